The van der Waals surface area contributed by atoms with Gasteiger partial charge in [0.15, 0.2) is 0 Å². The average molecular weight is 280 g/mol. The standard InChI is InChI=1S/C19H21P/c1-5-16-10-11-18(13-19(16)12-15(3)20-4)17-8-6-14(2)7-9-17/h5-13,20H,3H2,1-2,4H3/b16-5-,19-12-. The van der Waals surface area contributed by atoms with Crippen LogP contribution in [-0.4, -0.2) is 6.66 Å². The van der Waals surface area contributed by atoms with Gasteiger partial charge in [0, 0.05) is 0 Å². The summed E-state index contributed by atoms with van der Waals surface area (Å²) in [5.74, 6) is 0. The number of rotatable bonds is 3. The smallest absolute Gasteiger partial charge is 0.0175 e. The highest BCUT2D eigenvalue weighted by Crippen LogP contribution is 2.19. The molecule has 1 unspecified atom stereocenters. The van der Waals surface area contributed by atoms with Gasteiger partial charge in [-0.05, 0) is 59.5 Å². The second-order valence-electron chi connectivity index (χ2n) is 4.92. The molecule has 20 heavy (non-hydrogen) atoms. The molecule has 1 atom stereocenters. The quantitative estimate of drug-likeness (QED) is 0.744. The summed E-state index contributed by atoms with van der Waals surface area (Å²) in [4.78, 5) is 0. The van der Waals surface area contributed by atoms with Crippen LogP contribution in [-0.2, 0) is 0 Å². The summed E-state index contributed by atoms with van der Waals surface area (Å²) in [6.45, 7) is 10.5. The van der Waals surface area contributed by atoms with Crippen molar-refractivity contribution in [2.75, 3.05) is 6.66 Å². The predicted molar refractivity (Wildman–Crippen MR) is 93.8 cm³/mol. The average Bonchev–Trinajstić information content (AvgIpc) is 2.48. The van der Waals surface area contributed by atoms with Crippen LogP contribution in [0, 0.1) is 6.92 Å². The molecule has 0 fully saturated rings. The molecule has 2 aromatic carbocycles. The van der Waals surface area contributed by atoms with Gasteiger partial charge in [-0.15, -0.1) is 0 Å². The first-order valence-electron chi connectivity index (χ1n) is 6.86. The molecule has 2 rings (SSSR count). The summed E-state index contributed by atoms with van der Waals surface area (Å²) < 4.78 is 0. The second-order valence-corrected chi connectivity index (χ2v) is 6.06. The van der Waals surface area contributed by atoms with Crippen LogP contribution in [0.15, 0.2) is 54.4 Å². The zero-order chi connectivity index (χ0) is 14.5. The first-order chi connectivity index (χ1) is 9.63. The van der Waals surface area contributed by atoms with Crippen LogP contribution in [0.3, 0.4) is 0 Å². The van der Waals surface area contributed by atoms with Crippen LogP contribution in [0.1, 0.15) is 12.5 Å². The molecule has 0 nitrogen and oxygen atoms in total. The van der Waals surface area contributed by atoms with Gasteiger partial charge >= 0.3 is 0 Å². The first-order valence-corrected chi connectivity index (χ1v) is 8.36. The van der Waals surface area contributed by atoms with Crippen molar-refractivity contribution in [1.82, 2.24) is 0 Å². The Morgan fingerprint density at radius 1 is 1.00 bits per heavy atom. The Hall–Kier alpha value is -1.65. The molecule has 0 aromatic heterocycles. The minimum Gasteiger partial charge on any atom is -0.0942 e. The largest absolute Gasteiger partial charge is 0.0942 e. The van der Waals surface area contributed by atoms with E-state index in [9.17, 15) is 0 Å². The number of hydrogen-bond acceptors (Lipinski definition) is 0. The lowest BCUT2D eigenvalue weighted by molar-refractivity contribution is 1.45. The van der Waals surface area contributed by atoms with Gasteiger partial charge in [0.05, 0.1) is 0 Å². The summed E-state index contributed by atoms with van der Waals surface area (Å²) in [6.07, 6.45) is 4.35. The number of hydrogen-bond donors (Lipinski definition) is 0. The fourth-order valence-corrected chi connectivity index (χ4v) is 2.45. The molecule has 0 aliphatic rings. The Morgan fingerprint density at radius 3 is 2.25 bits per heavy atom. The van der Waals surface area contributed by atoms with Gasteiger partial charge < -0.3 is 0 Å². The number of benzene rings is 2. The second kappa shape index (κ2) is 6.68. The fraction of sp³-hybridized carbons (Fsp3) is 0.158. The molecule has 0 aliphatic carbocycles. The van der Waals surface area contributed by atoms with E-state index in [1.807, 2.05) is 0 Å². The van der Waals surface area contributed by atoms with Gasteiger partial charge in [0.2, 0.25) is 0 Å². The Balaban J connectivity index is 2.58. The molecule has 0 bridgehead atoms. The molecular formula is C19H21P. The van der Waals surface area contributed by atoms with Gasteiger partial charge in [-0.1, -0.05) is 63.2 Å². The van der Waals surface area contributed by atoms with Crippen LogP contribution in [0.25, 0.3) is 23.3 Å². The van der Waals surface area contributed by atoms with Crippen molar-refractivity contribution in [1.29, 1.82) is 0 Å². The van der Waals surface area contributed by atoms with E-state index in [1.54, 1.807) is 0 Å². The van der Waals surface area contributed by atoms with E-state index in [4.69, 9.17) is 0 Å². The highest BCUT2D eigenvalue weighted by molar-refractivity contribution is 7.42. The molecule has 0 radical (unpaired) electrons. The SMILES string of the molecule is C=C(/C=c1/cc(-c2ccc(C)cc2)cc/c1=C/C)PC. The van der Waals surface area contributed by atoms with E-state index in [1.165, 1.54) is 32.4 Å². The Kier molecular flexibility index (Phi) is 4.93. The summed E-state index contributed by atoms with van der Waals surface area (Å²) in [5, 5.41) is 3.71. The molecule has 0 aliphatic heterocycles. The van der Waals surface area contributed by atoms with E-state index < -0.39 is 0 Å². The van der Waals surface area contributed by atoms with Crippen molar-refractivity contribution in [3.8, 4) is 11.1 Å². The number of aryl methyl sites for hydroxylation is 1. The summed E-state index contributed by atoms with van der Waals surface area (Å²) in [5.41, 5.74) is 3.81. The molecule has 0 amide bonds. The maximum absolute atomic E-state index is 4.10. The summed E-state index contributed by atoms with van der Waals surface area (Å²) in [7, 11) is 0.753. The summed E-state index contributed by atoms with van der Waals surface area (Å²) in [6, 6.07) is 15.3. The molecule has 0 saturated heterocycles. The van der Waals surface area contributed by atoms with E-state index in [-0.39, 0.29) is 0 Å². The summed E-state index contributed by atoms with van der Waals surface area (Å²) >= 11 is 0. The molecule has 0 spiro atoms. The van der Waals surface area contributed by atoms with Crippen molar-refractivity contribution < 1.29 is 0 Å². The third kappa shape index (κ3) is 3.46. The van der Waals surface area contributed by atoms with Crippen LogP contribution in [0.2, 0.25) is 0 Å². The lowest BCUT2D eigenvalue weighted by Crippen LogP contribution is -2.23. The number of allylic oxidation sites excluding steroid dienone is 1. The van der Waals surface area contributed by atoms with E-state index in [2.05, 4.69) is 81.7 Å². The minimum absolute atomic E-state index is 0.753. The molecule has 102 valence electrons. The van der Waals surface area contributed by atoms with Crippen LogP contribution in [0.5, 0.6) is 0 Å². The third-order valence-electron chi connectivity index (χ3n) is 3.43. The molecule has 0 heterocycles. The molecule has 1 heteroatoms. The highest BCUT2D eigenvalue weighted by Gasteiger charge is 1.98. The molecule has 0 N–H and O–H groups in total. The Bertz CT molecular complexity index is 721. The Labute approximate surface area is 123 Å². The highest BCUT2D eigenvalue weighted by atomic mass is 31.1. The monoisotopic (exact) mass is 280 g/mol. The van der Waals surface area contributed by atoms with Crippen LogP contribution in [0.4, 0.5) is 0 Å². The third-order valence-corrected chi connectivity index (χ3v) is 4.22. The van der Waals surface area contributed by atoms with E-state index in [0.29, 0.717) is 0 Å². The Morgan fingerprint density at radius 2 is 1.65 bits per heavy atom. The van der Waals surface area contributed by atoms with Gasteiger partial charge in [0.25, 0.3) is 0 Å². The van der Waals surface area contributed by atoms with E-state index >= 15 is 0 Å². The van der Waals surface area contributed by atoms with Crippen molar-refractivity contribution in [2.24, 2.45) is 0 Å². The predicted octanol–water partition coefficient (Wildman–Crippen LogP) is 4.06. The van der Waals surface area contributed by atoms with Gasteiger partial charge in [-0.3, -0.25) is 0 Å². The zero-order valence-corrected chi connectivity index (χ0v) is 13.4. The fourth-order valence-electron chi connectivity index (χ4n) is 2.15. The minimum atomic E-state index is 0.753. The normalized spacial score (nSPS) is 13.3. The zero-order valence-electron chi connectivity index (χ0n) is 12.4. The lowest BCUT2D eigenvalue weighted by atomic mass is 10.0. The molecular weight excluding hydrogens is 259 g/mol. The van der Waals surface area contributed by atoms with Gasteiger partial charge in [-0.2, -0.15) is 0 Å². The van der Waals surface area contributed by atoms with Crippen molar-refractivity contribution in [2.45, 2.75) is 13.8 Å². The van der Waals surface area contributed by atoms with E-state index in [0.717, 1.165) is 8.58 Å². The molecule has 2 aromatic rings. The van der Waals surface area contributed by atoms with Crippen LogP contribution >= 0.6 is 8.58 Å². The van der Waals surface area contributed by atoms with Gasteiger partial charge in [0.1, 0.15) is 0 Å². The van der Waals surface area contributed by atoms with Gasteiger partial charge in [-0.25, -0.2) is 0 Å². The topological polar surface area (TPSA) is 0 Å². The van der Waals surface area contributed by atoms with Crippen molar-refractivity contribution in [3.05, 3.63) is 70.4 Å². The van der Waals surface area contributed by atoms with Crippen molar-refractivity contribution >= 4 is 20.7 Å². The van der Waals surface area contributed by atoms with Crippen molar-refractivity contribution in [3.63, 3.8) is 0 Å². The maximum atomic E-state index is 4.10. The first kappa shape index (κ1) is 14.8. The van der Waals surface area contributed by atoms with Crippen LogP contribution < -0.4 is 10.4 Å². The lowest BCUT2D eigenvalue weighted by Gasteiger charge is -2.03. The molecule has 0 saturated carbocycles. The maximum Gasteiger partial charge on any atom is -0.0175 e.